The van der Waals surface area contributed by atoms with Crippen molar-refractivity contribution in [1.29, 1.82) is 0 Å². The summed E-state index contributed by atoms with van der Waals surface area (Å²) in [5.41, 5.74) is 6.51. The molecule has 7 heteroatoms. The summed E-state index contributed by atoms with van der Waals surface area (Å²) in [7, 11) is 0. The summed E-state index contributed by atoms with van der Waals surface area (Å²) >= 11 is 3.08. The SMILES string of the molecule is C=CCn1c(SCC(=O)Nc2cccc(C)c2)nnc1-c1csc(C)c1-c1ccc(C)cc1. The molecular formula is C26H26N4OS2. The molecule has 1 N–H and O–H groups in total. The molecule has 0 aliphatic rings. The molecular weight excluding hydrogens is 448 g/mol. The topological polar surface area (TPSA) is 59.8 Å². The summed E-state index contributed by atoms with van der Waals surface area (Å²) in [6.45, 7) is 10.7. The van der Waals surface area contributed by atoms with E-state index in [0.717, 1.165) is 28.2 Å². The fourth-order valence-electron chi connectivity index (χ4n) is 3.64. The third kappa shape index (κ3) is 5.26. The number of benzene rings is 2. The molecule has 0 spiro atoms. The molecule has 5 nitrogen and oxygen atoms in total. The number of aryl methyl sites for hydroxylation is 3. The Hall–Kier alpha value is -3.16. The zero-order chi connectivity index (χ0) is 23.4. The van der Waals surface area contributed by atoms with Crippen molar-refractivity contribution in [2.45, 2.75) is 32.5 Å². The number of thioether (sulfide) groups is 1. The van der Waals surface area contributed by atoms with E-state index in [2.05, 4.69) is 65.6 Å². The molecule has 0 atom stereocenters. The number of thiophene rings is 1. The first-order valence-electron chi connectivity index (χ1n) is 10.6. The standard InChI is InChI=1S/C26H26N4OS2/c1-5-13-30-25(22-15-32-19(4)24(22)20-11-9-17(2)10-12-20)28-29-26(30)33-16-23(31)27-21-8-6-7-18(3)14-21/h5-12,14-15H,1,13,16H2,2-4H3,(H,27,31). The summed E-state index contributed by atoms with van der Waals surface area (Å²) in [6, 6.07) is 16.3. The van der Waals surface area contributed by atoms with Crippen LogP contribution in [0.2, 0.25) is 0 Å². The monoisotopic (exact) mass is 474 g/mol. The summed E-state index contributed by atoms with van der Waals surface area (Å²) in [5.74, 6) is 0.958. The second kappa shape index (κ2) is 10.2. The van der Waals surface area contributed by atoms with Gasteiger partial charge in [-0.2, -0.15) is 0 Å². The van der Waals surface area contributed by atoms with Crippen molar-refractivity contribution in [3.63, 3.8) is 0 Å². The van der Waals surface area contributed by atoms with Gasteiger partial charge in [-0.05, 0) is 44.0 Å². The van der Waals surface area contributed by atoms with Crippen LogP contribution in [0.5, 0.6) is 0 Å². The fraction of sp³-hybridized carbons (Fsp3) is 0.192. The largest absolute Gasteiger partial charge is 0.325 e. The van der Waals surface area contributed by atoms with Gasteiger partial charge in [0.15, 0.2) is 11.0 Å². The number of nitrogens with one attached hydrogen (secondary N) is 1. The molecule has 4 aromatic rings. The molecule has 2 heterocycles. The molecule has 2 aromatic heterocycles. The van der Waals surface area contributed by atoms with Crippen molar-refractivity contribution in [3.8, 4) is 22.5 Å². The summed E-state index contributed by atoms with van der Waals surface area (Å²) in [6.07, 6.45) is 1.83. The van der Waals surface area contributed by atoms with Gasteiger partial charge in [0.2, 0.25) is 5.91 Å². The fourth-order valence-corrected chi connectivity index (χ4v) is 5.25. The van der Waals surface area contributed by atoms with Gasteiger partial charge >= 0.3 is 0 Å². The van der Waals surface area contributed by atoms with Crippen molar-refractivity contribution in [1.82, 2.24) is 14.8 Å². The molecule has 0 aliphatic heterocycles. The highest BCUT2D eigenvalue weighted by molar-refractivity contribution is 7.99. The van der Waals surface area contributed by atoms with Gasteiger partial charge in [0.25, 0.3) is 0 Å². The average Bonchev–Trinajstić information content (AvgIpc) is 3.36. The number of rotatable bonds is 8. The molecule has 0 radical (unpaired) electrons. The van der Waals surface area contributed by atoms with E-state index in [9.17, 15) is 4.79 Å². The van der Waals surface area contributed by atoms with Crippen LogP contribution in [0.15, 0.2) is 71.7 Å². The molecule has 1 amide bonds. The van der Waals surface area contributed by atoms with Crippen LogP contribution in [-0.4, -0.2) is 26.4 Å². The van der Waals surface area contributed by atoms with Crippen LogP contribution in [0.3, 0.4) is 0 Å². The number of carbonyl (C=O) groups is 1. The van der Waals surface area contributed by atoms with Crippen molar-refractivity contribution >= 4 is 34.7 Å². The van der Waals surface area contributed by atoms with Gasteiger partial charge < -0.3 is 5.32 Å². The minimum atomic E-state index is -0.0768. The van der Waals surface area contributed by atoms with E-state index in [1.165, 1.54) is 27.8 Å². The second-order valence-corrected chi connectivity index (χ2v) is 9.88. The zero-order valence-electron chi connectivity index (χ0n) is 19.0. The number of carbonyl (C=O) groups excluding carboxylic acids is 1. The van der Waals surface area contributed by atoms with Crippen molar-refractivity contribution < 1.29 is 4.79 Å². The minimum absolute atomic E-state index is 0.0768. The van der Waals surface area contributed by atoms with E-state index in [-0.39, 0.29) is 11.7 Å². The second-order valence-electron chi connectivity index (χ2n) is 7.86. The number of hydrogen-bond donors (Lipinski definition) is 1. The van der Waals surface area contributed by atoms with Gasteiger partial charge in [-0.25, -0.2) is 0 Å². The molecule has 4 rings (SSSR count). The summed E-state index contributed by atoms with van der Waals surface area (Å²) < 4.78 is 2.02. The first-order chi connectivity index (χ1) is 16.0. The number of aromatic nitrogens is 3. The highest BCUT2D eigenvalue weighted by Crippen LogP contribution is 2.39. The highest BCUT2D eigenvalue weighted by Gasteiger charge is 2.20. The summed E-state index contributed by atoms with van der Waals surface area (Å²) in [5, 5.41) is 14.7. The van der Waals surface area contributed by atoms with E-state index < -0.39 is 0 Å². The van der Waals surface area contributed by atoms with Gasteiger partial charge in [0.1, 0.15) is 0 Å². The van der Waals surface area contributed by atoms with Crippen molar-refractivity contribution in [2.75, 3.05) is 11.1 Å². The zero-order valence-corrected chi connectivity index (χ0v) is 20.6. The van der Waals surface area contributed by atoms with Gasteiger partial charge in [0, 0.05) is 33.6 Å². The Labute approximate surface area is 202 Å². The van der Waals surface area contributed by atoms with E-state index in [4.69, 9.17) is 0 Å². The lowest BCUT2D eigenvalue weighted by Crippen LogP contribution is -2.14. The molecule has 0 unspecified atom stereocenters. The van der Waals surface area contributed by atoms with E-state index in [1.807, 2.05) is 41.8 Å². The number of allylic oxidation sites excluding steroid dienone is 1. The Balaban J connectivity index is 1.58. The molecule has 0 saturated heterocycles. The van der Waals surface area contributed by atoms with Gasteiger partial charge in [0.05, 0.1) is 5.75 Å². The summed E-state index contributed by atoms with van der Waals surface area (Å²) in [4.78, 5) is 13.7. The van der Waals surface area contributed by atoms with Gasteiger partial charge in [-0.15, -0.1) is 28.1 Å². The molecule has 168 valence electrons. The molecule has 33 heavy (non-hydrogen) atoms. The normalized spacial score (nSPS) is 10.9. The smallest absolute Gasteiger partial charge is 0.234 e. The first kappa shape index (κ1) is 23.0. The van der Waals surface area contributed by atoms with Crippen LogP contribution in [0.4, 0.5) is 5.69 Å². The van der Waals surface area contributed by atoms with Crippen molar-refractivity contribution in [2.24, 2.45) is 0 Å². The maximum atomic E-state index is 12.5. The van der Waals surface area contributed by atoms with E-state index in [1.54, 1.807) is 11.3 Å². The van der Waals surface area contributed by atoms with E-state index in [0.29, 0.717) is 11.7 Å². The first-order valence-corrected chi connectivity index (χ1v) is 12.5. The lowest BCUT2D eigenvalue weighted by atomic mass is 10.0. The number of hydrogen-bond acceptors (Lipinski definition) is 5. The van der Waals surface area contributed by atoms with Crippen LogP contribution in [0.25, 0.3) is 22.5 Å². The average molecular weight is 475 g/mol. The predicted molar refractivity (Wildman–Crippen MR) is 139 cm³/mol. The predicted octanol–water partition coefficient (Wildman–Crippen LogP) is 6.52. The van der Waals surface area contributed by atoms with Crippen LogP contribution in [0, 0.1) is 20.8 Å². The molecule has 0 saturated carbocycles. The third-order valence-electron chi connectivity index (χ3n) is 5.22. The quantitative estimate of drug-likeness (QED) is 0.233. The van der Waals surface area contributed by atoms with Crippen LogP contribution >= 0.6 is 23.1 Å². The molecule has 0 aliphatic carbocycles. The maximum Gasteiger partial charge on any atom is 0.234 e. The lowest BCUT2D eigenvalue weighted by Gasteiger charge is -2.10. The van der Waals surface area contributed by atoms with Crippen LogP contribution in [-0.2, 0) is 11.3 Å². The number of anilines is 1. The molecule has 2 aromatic carbocycles. The van der Waals surface area contributed by atoms with Crippen molar-refractivity contribution in [3.05, 3.63) is 82.6 Å². The van der Waals surface area contributed by atoms with Crippen LogP contribution in [0.1, 0.15) is 16.0 Å². The maximum absolute atomic E-state index is 12.5. The highest BCUT2D eigenvalue weighted by atomic mass is 32.2. The van der Waals surface area contributed by atoms with Gasteiger partial charge in [-0.1, -0.05) is 59.8 Å². The Morgan fingerprint density at radius 1 is 1.12 bits per heavy atom. The Morgan fingerprint density at radius 3 is 2.64 bits per heavy atom. The van der Waals surface area contributed by atoms with Gasteiger partial charge in [-0.3, -0.25) is 9.36 Å². The number of amides is 1. The Kier molecular flexibility index (Phi) is 7.11. The van der Waals surface area contributed by atoms with E-state index >= 15 is 0 Å². The molecule has 0 bridgehead atoms. The third-order valence-corrected chi connectivity index (χ3v) is 7.10. The lowest BCUT2D eigenvalue weighted by molar-refractivity contribution is -0.113. The van der Waals surface area contributed by atoms with Crippen LogP contribution < -0.4 is 5.32 Å². The Morgan fingerprint density at radius 2 is 1.91 bits per heavy atom. The molecule has 0 fully saturated rings. The number of nitrogens with zero attached hydrogens (tertiary/aromatic N) is 3. The minimum Gasteiger partial charge on any atom is -0.325 e. The Bertz CT molecular complexity index is 1290.